The van der Waals surface area contributed by atoms with Crippen molar-refractivity contribution in [3.63, 3.8) is 0 Å². The summed E-state index contributed by atoms with van der Waals surface area (Å²) in [5, 5.41) is 0. The zero-order valence-electron chi connectivity index (χ0n) is 18.7. The molecular formula is C27H27FN2O3. The maximum Gasteiger partial charge on any atom is 0.260 e. The molecule has 0 bridgehead atoms. The molecule has 0 N–H and O–H groups in total. The first-order valence-corrected chi connectivity index (χ1v) is 11.1. The maximum absolute atomic E-state index is 14.5. The van der Waals surface area contributed by atoms with Gasteiger partial charge in [0.1, 0.15) is 11.6 Å². The summed E-state index contributed by atoms with van der Waals surface area (Å²) in [6, 6.07) is 22.4. The highest BCUT2D eigenvalue weighted by atomic mass is 19.1. The molecule has 170 valence electrons. The molecule has 0 radical (unpaired) electrons. The molecule has 0 atom stereocenters. The number of amides is 1. The van der Waals surface area contributed by atoms with Crippen molar-refractivity contribution < 1.29 is 18.7 Å². The third-order valence-corrected chi connectivity index (χ3v) is 5.89. The fraction of sp³-hybridized carbons (Fsp3) is 0.259. The van der Waals surface area contributed by atoms with Gasteiger partial charge in [0, 0.05) is 38.2 Å². The lowest BCUT2D eigenvalue weighted by Crippen LogP contribution is -2.50. The lowest BCUT2D eigenvalue weighted by atomic mass is 10.0. The van der Waals surface area contributed by atoms with Crippen molar-refractivity contribution in [1.82, 2.24) is 4.90 Å². The quantitative estimate of drug-likeness (QED) is 0.507. The highest BCUT2D eigenvalue weighted by Gasteiger charge is 2.23. The standard InChI is InChI=1S/C27H27FN2O3/c1-20(31)22-11-12-25(24(28)18-22)29-13-15-30(16-14-29)27(32)19-33-26-10-6-5-9-23(26)17-21-7-3-2-4-8-21/h2-12,18H,13-17,19H2,1H3. The predicted molar refractivity (Wildman–Crippen MR) is 126 cm³/mol. The topological polar surface area (TPSA) is 49.9 Å². The molecule has 33 heavy (non-hydrogen) atoms. The van der Waals surface area contributed by atoms with Gasteiger partial charge >= 0.3 is 0 Å². The van der Waals surface area contributed by atoms with Gasteiger partial charge in [-0.15, -0.1) is 0 Å². The van der Waals surface area contributed by atoms with Crippen molar-refractivity contribution in [2.24, 2.45) is 0 Å². The van der Waals surface area contributed by atoms with E-state index in [1.165, 1.54) is 18.6 Å². The van der Waals surface area contributed by atoms with Crippen LogP contribution in [-0.2, 0) is 11.2 Å². The van der Waals surface area contributed by atoms with E-state index in [2.05, 4.69) is 12.1 Å². The van der Waals surface area contributed by atoms with E-state index in [9.17, 15) is 14.0 Å². The second-order valence-electron chi connectivity index (χ2n) is 8.15. The molecular weight excluding hydrogens is 419 g/mol. The number of hydrogen-bond donors (Lipinski definition) is 0. The molecule has 1 heterocycles. The molecule has 6 heteroatoms. The first-order valence-electron chi connectivity index (χ1n) is 11.1. The number of ketones is 1. The summed E-state index contributed by atoms with van der Waals surface area (Å²) in [6.45, 7) is 3.40. The van der Waals surface area contributed by atoms with E-state index in [0.29, 0.717) is 43.2 Å². The average molecular weight is 447 g/mol. The highest BCUT2D eigenvalue weighted by Crippen LogP contribution is 2.23. The number of nitrogens with zero attached hydrogens (tertiary/aromatic N) is 2. The van der Waals surface area contributed by atoms with Crippen LogP contribution in [0.15, 0.2) is 72.8 Å². The van der Waals surface area contributed by atoms with Gasteiger partial charge in [0.15, 0.2) is 12.4 Å². The Balaban J connectivity index is 1.32. The van der Waals surface area contributed by atoms with Gasteiger partial charge in [0.25, 0.3) is 5.91 Å². The monoisotopic (exact) mass is 446 g/mol. The Kier molecular flexibility index (Phi) is 7.03. The van der Waals surface area contributed by atoms with E-state index in [1.54, 1.807) is 17.0 Å². The molecule has 1 amide bonds. The molecule has 1 aliphatic heterocycles. The van der Waals surface area contributed by atoms with Crippen LogP contribution in [0.3, 0.4) is 0 Å². The van der Waals surface area contributed by atoms with Crippen LogP contribution in [0.2, 0.25) is 0 Å². The summed E-state index contributed by atoms with van der Waals surface area (Å²) in [4.78, 5) is 27.8. The minimum atomic E-state index is -0.416. The summed E-state index contributed by atoms with van der Waals surface area (Å²) in [6.07, 6.45) is 0.734. The lowest BCUT2D eigenvalue weighted by molar-refractivity contribution is -0.133. The van der Waals surface area contributed by atoms with Gasteiger partial charge < -0.3 is 14.5 Å². The zero-order valence-corrected chi connectivity index (χ0v) is 18.7. The molecule has 0 unspecified atom stereocenters. The van der Waals surface area contributed by atoms with Crippen molar-refractivity contribution in [3.8, 4) is 5.75 Å². The Hall–Kier alpha value is -3.67. The van der Waals surface area contributed by atoms with Crippen molar-refractivity contribution >= 4 is 17.4 Å². The Labute approximate surface area is 193 Å². The lowest BCUT2D eigenvalue weighted by Gasteiger charge is -2.36. The molecule has 1 saturated heterocycles. The molecule has 0 saturated carbocycles. The molecule has 4 rings (SSSR count). The van der Waals surface area contributed by atoms with Crippen LogP contribution in [0.4, 0.5) is 10.1 Å². The maximum atomic E-state index is 14.5. The number of Topliss-reactive ketones (excluding diaryl/α,β-unsaturated/α-hetero) is 1. The van der Waals surface area contributed by atoms with Crippen LogP contribution < -0.4 is 9.64 Å². The first kappa shape index (κ1) is 22.5. The van der Waals surface area contributed by atoms with Crippen molar-refractivity contribution in [2.75, 3.05) is 37.7 Å². The number of carbonyl (C=O) groups is 2. The summed E-state index contributed by atoms with van der Waals surface area (Å²) in [5.74, 6) is 0.0413. The largest absolute Gasteiger partial charge is 0.483 e. The van der Waals surface area contributed by atoms with Crippen LogP contribution in [0, 0.1) is 5.82 Å². The number of anilines is 1. The fourth-order valence-electron chi connectivity index (χ4n) is 4.02. The molecule has 0 aliphatic carbocycles. The number of benzene rings is 3. The van der Waals surface area contributed by atoms with Crippen LogP contribution in [0.1, 0.15) is 28.4 Å². The van der Waals surface area contributed by atoms with Gasteiger partial charge in [-0.25, -0.2) is 4.39 Å². The predicted octanol–water partition coefficient (Wildman–Crippen LogP) is 4.35. The summed E-state index contributed by atoms with van der Waals surface area (Å²) >= 11 is 0. The Morgan fingerprint density at radius 2 is 1.61 bits per heavy atom. The molecule has 3 aromatic rings. The van der Waals surface area contributed by atoms with Gasteiger partial charge in [-0.1, -0.05) is 48.5 Å². The molecule has 0 spiro atoms. The van der Waals surface area contributed by atoms with E-state index in [1.807, 2.05) is 47.4 Å². The molecule has 5 nitrogen and oxygen atoms in total. The molecule has 3 aromatic carbocycles. The van der Waals surface area contributed by atoms with Gasteiger partial charge in [0.05, 0.1) is 5.69 Å². The van der Waals surface area contributed by atoms with Gasteiger partial charge in [-0.3, -0.25) is 9.59 Å². The number of ether oxygens (including phenoxy) is 1. The number of halogens is 1. The van der Waals surface area contributed by atoms with E-state index in [-0.39, 0.29) is 18.3 Å². The number of piperazine rings is 1. The summed E-state index contributed by atoms with van der Waals surface area (Å²) in [5.41, 5.74) is 3.03. The Bertz CT molecular complexity index is 1130. The van der Waals surface area contributed by atoms with Gasteiger partial charge in [-0.05, 0) is 42.3 Å². The number of rotatable bonds is 7. The van der Waals surface area contributed by atoms with Crippen LogP contribution >= 0.6 is 0 Å². The Morgan fingerprint density at radius 3 is 2.30 bits per heavy atom. The van der Waals surface area contributed by atoms with E-state index < -0.39 is 5.82 Å². The van der Waals surface area contributed by atoms with Crippen molar-refractivity contribution in [2.45, 2.75) is 13.3 Å². The minimum Gasteiger partial charge on any atom is -0.483 e. The van der Waals surface area contributed by atoms with Crippen molar-refractivity contribution in [3.05, 3.63) is 95.3 Å². The third kappa shape index (κ3) is 5.58. The minimum absolute atomic E-state index is 0.0343. The average Bonchev–Trinajstić information content (AvgIpc) is 2.84. The SMILES string of the molecule is CC(=O)c1ccc(N2CCN(C(=O)COc3ccccc3Cc3ccccc3)CC2)c(F)c1. The highest BCUT2D eigenvalue weighted by molar-refractivity contribution is 5.94. The van der Waals surface area contributed by atoms with Crippen molar-refractivity contribution in [1.29, 1.82) is 0 Å². The third-order valence-electron chi connectivity index (χ3n) is 5.89. The number of carbonyl (C=O) groups excluding carboxylic acids is 2. The smallest absolute Gasteiger partial charge is 0.260 e. The Morgan fingerprint density at radius 1 is 0.909 bits per heavy atom. The fourth-order valence-corrected chi connectivity index (χ4v) is 4.02. The molecule has 1 fully saturated rings. The van der Waals surface area contributed by atoms with E-state index >= 15 is 0 Å². The summed E-state index contributed by atoms with van der Waals surface area (Å²) < 4.78 is 20.4. The number of hydrogen-bond acceptors (Lipinski definition) is 4. The zero-order chi connectivity index (χ0) is 23.2. The van der Waals surface area contributed by atoms with Gasteiger partial charge in [-0.2, -0.15) is 0 Å². The molecule has 0 aromatic heterocycles. The second-order valence-corrected chi connectivity index (χ2v) is 8.15. The van der Waals surface area contributed by atoms with Crippen LogP contribution in [0.25, 0.3) is 0 Å². The summed E-state index contributed by atoms with van der Waals surface area (Å²) in [7, 11) is 0. The van der Waals surface area contributed by atoms with E-state index in [4.69, 9.17) is 4.74 Å². The number of para-hydroxylation sites is 1. The normalized spacial score (nSPS) is 13.6. The second kappa shape index (κ2) is 10.3. The van der Waals surface area contributed by atoms with E-state index in [0.717, 1.165) is 12.0 Å². The van der Waals surface area contributed by atoms with Gasteiger partial charge in [0.2, 0.25) is 0 Å². The van der Waals surface area contributed by atoms with Crippen LogP contribution in [-0.4, -0.2) is 49.4 Å². The van der Waals surface area contributed by atoms with Crippen LogP contribution in [0.5, 0.6) is 5.75 Å². The molecule has 1 aliphatic rings. The first-order chi connectivity index (χ1) is 16.0.